The van der Waals surface area contributed by atoms with Crippen molar-refractivity contribution in [3.63, 3.8) is 0 Å². The van der Waals surface area contributed by atoms with Gasteiger partial charge >= 0.3 is 0 Å². The first-order valence-corrected chi connectivity index (χ1v) is 10.6. The number of thiophene rings is 1. The quantitative estimate of drug-likeness (QED) is 0.516. The van der Waals surface area contributed by atoms with Gasteiger partial charge in [0.2, 0.25) is 5.95 Å². The second kappa shape index (κ2) is 6.74. The van der Waals surface area contributed by atoms with Crippen molar-refractivity contribution in [1.82, 2.24) is 14.8 Å². The first-order chi connectivity index (χ1) is 14.8. The molecule has 0 amide bonds. The van der Waals surface area contributed by atoms with Gasteiger partial charge in [0.15, 0.2) is 0 Å². The van der Waals surface area contributed by atoms with E-state index in [9.17, 15) is 0 Å². The Kier molecular flexibility index (Phi) is 3.89. The highest BCUT2D eigenvalue weighted by Crippen LogP contribution is 2.51. The van der Waals surface area contributed by atoms with E-state index in [1.165, 1.54) is 4.88 Å². The van der Waals surface area contributed by atoms with Crippen LogP contribution in [0.5, 0.6) is 11.5 Å². The maximum absolute atomic E-state index is 6.60. The van der Waals surface area contributed by atoms with E-state index in [-0.39, 0.29) is 12.1 Å². The molecule has 6 rings (SSSR count). The fraction of sp³-hybridized carbons (Fsp3) is 0.130. The normalized spacial score (nSPS) is 19.2. The van der Waals surface area contributed by atoms with Crippen LogP contribution in [0.3, 0.4) is 0 Å². The molecule has 0 radical (unpaired) electrons. The lowest BCUT2D eigenvalue weighted by Gasteiger charge is -2.38. The maximum Gasteiger partial charge on any atom is 0.226 e. The summed E-state index contributed by atoms with van der Waals surface area (Å²) in [5.41, 5.74) is 4.21. The molecule has 4 heterocycles. The fourth-order valence-electron chi connectivity index (χ4n) is 4.22. The van der Waals surface area contributed by atoms with E-state index < -0.39 is 0 Å². The summed E-state index contributed by atoms with van der Waals surface area (Å²) in [5, 5.41) is 10.1. The molecular weight excluding hydrogens is 396 g/mol. The number of nitrogens with zero attached hydrogens (tertiary/aromatic N) is 3. The molecule has 0 saturated heterocycles. The monoisotopic (exact) mass is 414 g/mol. The van der Waals surface area contributed by atoms with Gasteiger partial charge in [-0.05, 0) is 35.7 Å². The van der Waals surface area contributed by atoms with E-state index >= 15 is 0 Å². The number of rotatable bonds is 3. The summed E-state index contributed by atoms with van der Waals surface area (Å²) in [6.45, 7) is 0. The highest BCUT2D eigenvalue weighted by atomic mass is 32.1. The molecule has 0 unspecified atom stereocenters. The number of para-hydroxylation sites is 1. The Balaban J connectivity index is 1.62. The van der Waals surface area contributed by atoms with Crippen molar-refractivity contribution in [2.75, 3.05) is 12.4 Å². The number of hydrogen-bond donors (Lipinski definition) is 1. The van der Waals surface area contributed by atoms with E-state index in [4.69, 9.17) is 9.47 Å². The first-order valence-electron chi connectivity index (χ1n) is 9.67. The number of aromatic nitrogens is 3. The van der Waals surface area contributed by atoms with Crippen LogP contribution in [0.15, 0.2) is 77.9 Å². The van der Waals surface area contributed by atoms with Crippen LogP contribution in [0.2, 0.25) is 0 Å². The van der Waals surface area contributed by atoms with Gasteiger partial charge in [-0.15, -0.1) is 11.3 Å². The maximum atomic E-state index is 6.60. The summed E-state index contributed by atoms with van der Waals surface area (Å²) in [6.07, 6.45) is 1.30. The van der Waals surface area contributed by atoms with Crippen molar-refractivity contribution in [1.29, 1.82) is 0 Å². The standard InChI is InChI=1S/C23H18N4O2S/c1-28-15-7-4-6-14(12-15)22-19-20(16-8-2-3-9-17(16)29-22)26-23-24-13-25-27(23)21(19)18-10-5-11-30-18/h2-13,21-22H,1H3,(H,24,25,26)/t21-,22-/m1/s1. The van der Waals surface area contributed by atoms with Gasteiger partial charge in [-0.25, -0.2) is 4.68 Å². The van der Waals surface area contributed by atoms with Gasteiger partial charge in [0.25, 0.3) is 0 Å². The molecule has 0 spiro atoms. The molecule has 2 aromatic heterocycles. The predicted molar refractivity (Wildman–Crippen MR) is 116 cm³/mol. The van der Waals surface area contributed by atoms with Crippen molar-refractivity contribution in [3.05, 3.63) is 93.9 Å². The van der Waals surface area contributed by atoms with Crippen molar-refractivity contribution >= 4 is 23.0 Å². The zero-order valence-corrected chi connectivity index (χ0v) is 17.0. The average Bonchev–Trinajstić information content (AvgIpc) is 3.49. The first kappa shape index (κ1) is 17.3. The minimum atomic E-state index is -0.290. The molecule has 7 heteroatoms. The van der Waals surface area contributed by atoms with Crippen molar-refractivity contribution in [3.8, 4) is 11.5 Å². The second-order valence-corrected chi connectivity index (χ2v) is 8.15. The van der Waals surface area contributed by atoms with Gasteiger partial charge in [-0.3, -0.25) is 0 Å². The number of methoxy groups -OCH3 is 1. The number of fused-ring (bicyclic) bond motifs is 3. The third-order valence-electron chi connectivity index (χ3n) is 5.53. The van der Waals surface area contributed by atoms with Gasteiger partial charge < -0.3 is 14.8 Å². The highest BCUT2D eigenvalue weighted by Gasteiger charge is 2.41. The molecule has 0 bridgehead atoms. The Morgan fingerprint density at radius 3 is 2.90 bits per heavy atom. The Morgan fingerprint density at radius 2 is 2.03 bits per heavy atom. The smallest absolute Gasteiger partial charge is 0.226 e. The van der Waals surface area contributed by atoms with Crippen molar-refractivity contribution in [2.45, 2.75) is 12.1 Å². The molecule has 30 heavy (non-hydrogen) atoms. The van der Waals surface area contributed by atoms with Gasteiger partial charge in [-0.1, -0.05) is 30.3 Å². The van der Waals surface area contributed by atoms with Crippen LogP contribution < -0.4 is 14.8 Å². The van der Waals surface area contributed by atoms with E-state index in [2.05, 4.69) is 45.0 Å². The van der Waals surface area contributed by atoms with Crippen LogP contribution in [-0.4, -0.2) is 21.9 Å². The summed E-state index contributed by atoms with van der Waals surface area (Å²) in [6, 6.07) is 20.3. The molecule has 4 aromatic rings. The third-order valence-corrected chi connectivity index (χ3v) is 6.46. The average molecular weight is 414 g/mol. The van der Waals surface area contributed by atoms with E-state index in [0.29, 0.717) is 0 Å². The molecule has 2 aromatic carbocycles. The van der Waals surface area contributed by atoms with Gasteiger partial charge in [0, 0.05) is 21.6 Å². The van der Waals surface area contributed by atoms with Gasteiger partial charge in [0.1, 0.15) is 30.0 Å². The Morgan fingerprint density at radius 1 is 1.10 bits per heavy atom. The molecule has 0 saturated carbocycles. The number of ether oxygens (including phenoxy) is 2. The zero-order valence-electron chi connectivity index (χ0n) is 16.1. The van der Waals surface area contributed by atoms with Crippen molar-refractivity contribution in [2.24, 2.45) is 0 Å². The summed E-state index contributed by atoms with van der Waals surface area (Å²) < 4.78 is 14.0. The number of hydrogen-bond acceptors (Lipinski definition) is 6. The lowest BCUT2D eigenvalue weighted by atomic mass is 9.87. The minimum absolute atomic E-state index is 0.108. The largest absolute Gasteiger partial charge is 0.497 e. The van der Waals surface area contributed by atoms with Gasteiger partial charge in [0.05, 0.1) is 12.8 Å². The molecule has 148 valence electrons. The fourth-order valence-corrected chi connectivity index (χ4v) is 5.04. The van der Waals surface area contributed by atoms with E-state index in [1.807, 2.05) is 41.1 Å². The topological polar surface area (TPSA) is 61.2 Å². The third kappa shape index (κ3) is 2.55. The second-order valence-electron chi connectivity index (χ2n) is 7.17. The van der Waals surface area contributed by atoms with Crippen LogP contribution in [-0.2, 0) is 0 Å². The van der Waals surface area contributed by atoms with E-state index in [1.54, 1.807) is 24.8 Å². The molecule has 0 fully saturated rings. The van der Waals surface area contributed by atoms with Gasteiger partial charge in [-0.2, -0.15) is 10.1 Å². The molecule has 2 aliphatic rings. The minimum Gasteiger partial charge on any atom is -0.497 e. The van der Waals surface area contributed by atoms with Crippen LogP contribution in [0.4, 0.5) is 5.95 Å². The molecule has 0 aliphatic carbocycles. The summed E-state index contributed by atoms with van der Waals surface area (Å²) in [5.74, 6) is 2.37. The Hall–Kier alpha value is -3.58. The summed E-state index contributed by atoms with van der Waals surface area (Å²) >= 11 is 1.71. The molecule has 2 atom stereocenters. The molecule has 6 nitrogen and oxygen atoms in total. The van der Waals surface area contributed by atoms with Crippen LogP contribution >= 0.6 is 11.3 Å². The number of anilines is 1. The highest BCUT2D eigenvalue weighted by molar-refractivity contribution is 7.10. The number of nitrogens with one attached hydrogen (secondary N) is 1. The van der Waals surface area contributed by atoms with Crippen LogP contribution in [0, 0.1) is 0 Å². The lowest BCUT2D eigenvalue weighted by molar-refractivity contribution is 0.223. The predicted octanol–water partition coefficient (Wildman–Crippen LogP) is 4.91. The van der Waals surface area contributed by atoms with Crippen molar-refractivity contribution < 1.29 is 9.47 Å². The molecular formula is C23H18N4O2S. The summed E-state index contributed by atoms with van der Waals surface area (Å²) in [4.78, 5) is 5.64. The lowest BCUT2D eigenvalue weighted by Crippen LogP contribution is -2.32. The van der Waals surface area contributed by atoms with Crippen LogP contribution in [0.25, 0.3) is 5.70 Å². The zero-order chi connectivity index (χ0) is 20.1. The Bertz CT molecular complexity index is 1260. The Labute approximate surface area is 177 Å². The van der Waals surface area contributed by atoms with Crippen LogP contribution in [0.1, 0.15) is 28.1 Å². The molecule has 2 aliphatic heterocycles. The summed E-state index contributed by atoms with van der Waals surface area (Å²) in [7, 11) is 1.68. The SMILES string of the molecule is COc1cccc([C@H]2Oc3ccccc3C3=C2[C@@H](c2cccs2)n2ncnc2N3)c1. The van der Waals surface area contributed by atoms with E-state index in [0.717, 1.165) is 39.8 Å². The molecule has 1 N–H and O–H groups in total. The number of benzene rings is 2.